The molecule has 0 saturated heterocycles. The smallest absolute Gasteiger partial charge is 0.335 e. The van der Waals surface area contributed by atoms with E-state index in [0.29, 0.717) is 18.7 Å². The van der Waals surface area contributed by atoms with Crippen molar-refractivity contribution in [3.8, 4) is 5.75 Å². The third-order valence-corrected chi connectivity index (χ3v) is 4.12. The van der Waals surface area contributed by atoms with Crippen LogP contribution in [-0.2, 0) is 6.54 Å². The molecule has 3 aromatic rings. The molecule has 0 unspecified atom stereocenters. The van der Waals surface area contributed by atoms with Gasteiger partial charge in [0.15, 0.2) is 12.7 Å². The van der Waals surface area contributed by atoms with Crippen LogP contribution in [0, 0.1) is 0 Å². The molecule has 0 radical (unpaired) electrons. The molecule has 0 fully saturated rings. The molecule has 0 amide bonds. The van der Waals surface area contributed by atoms with Crippen LogP contribution < -0.4 is 21.7 Å². The number of halogens is 1. The average molecular weight is 396 g/mol. The summed E-state index contributed by atoms with van der Waals surface area (Å²) in [7, 11) is 0. The summed E-state index contributed by atoms with van der Waals surface area (Å²) in [5, 5.41) is 9.17. The topological polar surface area (TPSA) is 50.4 Å². The van der Waals surface area contributed by atoms with Gasteiger partial charge < -0.3 is 22.3 Å². The van der Waals surface area contributed by atoms with Gasteiger partial charge in [0.2, 0.25) is 5.69 Å². The van der Waals surface area contributed by atoms with Gasteiger partial charge in [-0.05, 0) is 48.9 Å². The highest BCUT2D eigenvalue weighted by atomic mass is 35.5. The van der Waals surface area contributed by atoms with Crippen LogP contribution in [0.15, 0.2) is 72.9 Å². The lowest BCUT2D eigenvalue weighted by Gasteiger charge is -2.04. The second kappa shape index (κ2) is 10.3. The van der Waals surface area contributed by atoms with Crippen molar-refractivity contribution in [1.29, 1.82) is 0 Å². The van der Waals surface area contributed by atoms with Gasteiger partial charge in [-0.25, -0.2) is 4.79 Å². The van der Waals surface area contributed by atoms with Crippen molar-refractivity contribution in [3.63, 3.8) is 0 Å². The Balaban J connectivity index is 0.00000280. The van der Waals surface area contributed by atoms with E-state index in [9.17, 15) is 9.90 Å². The molecule has 3 rings (SSSR count). The molecule has 4 nitrogen and oxygen atoms in total. The number of carboxylic acid groups (broad SMARTS) is 1. The molecule has 0 atom stereocenters. The fraction of sp³-hybridized carbons (Fsp3) is 0.130. The van der Waals surface area contributed by atoms with Gasteiger partial charge in [-0.1, -0.05) is 24.3 Å². The zero-order chi connectivity index (χ0) is 19.1. The molecule has 0 aliphatic rings. The standard InChI is InChI=1S/C23H21NO3.ClH/c1-2-27-22-11-6-7-18(16-22)12-13-21-10-3-4-14-24(21)17-19-8-5-9-20(15-19)23(25)26;/h3-16H,2,17H2,1H3;1H/b13-12+;. The first-order chi connectivity index (χ1) is 13.2. The van der Waals surface area contributed by atoms with Gasteiger partial charge in [0.25, 0.3) is 0 Å². The summed E-state index contributed by atoms with van der Waals surface area (Å²) in [5.41, 5.74) is 3.33. The van der Waals surface area contributed by atoms with E-state index in [1.807, 2.05) is 73.8 Å². The van der Waals surface area contributed by atoms with Gasteiger partial charge >= 0.3 is 5.97 Å². The molecule has 5 heteroatoms. The number of carbonyl (C=O) groups is 1. The fourth-order valence-corrected chi connectivity index (χ4v) is 2.84. The van der Waals surface area contributed by atoms with Crippen molar-refractivity contribution in [2.45, 2.75) is 13.5 Å². The van der Waals surface area contributed by atoms with Crippen LogP contribution in [0.25, 0.3) is 12.2 Å². The summed E-state index contributed by atoms with van der Waals surface area (Å²) in [5.74, 6) is -0.0599. The molecule has 28 heavy (non-hydrogen) atoms. The summed E-state index contributed by atoms with van der Waals surface area (Å²) in [6.07, 6.45) is 6.08. The van der Waals surface area contributed by atoms with Gasteiger partial charge in [0.1, 0.15) is 5.75 Å². The first kappa shape index (κ1) is 21.2. The molecule has 0 saturated carbocycles. The van der Waals surface area contributed by atoms with E-state index in [1.54, 1.807) is 18.2 Å². The predicted molar refractivity (Wildman–Crippen MR) is 106 cm³/mol. The molecular weight excluding hydrogens is 374 g/mol. The lowest BCUT2D eigenvalue weighted by atomic mass is 10.1. The number of hydrogen-bond acceptors (Lipinski definition) is 2. The maximum Gasteiger partial charge on any atom is 0.335 e. The SMILES string of the molecule is CCOc1cccc(/C=C/c2cccc[n+]2Cc2cccc(C(=O)O)c2)c1.[Cl-]. The summed E-state index contributed by atoms with van der Waals surface area (Å²) >= 11 is 0. The highest BCUT2D eigenvalue weighted by Crippen LogP contribution is 2.15. The highest BCUT2D eigenvalue weighted by Gasteiger charge is 2.10. The molecule has 2 aromatic carbocycles. The normalized spacial score (nSPS) is 10.5. The van der Waals surface area contributed by atoms with Gasteiger partial charge in [0.05, 0.1) is 12.2 Å². The third-order valence-electron chi connectivity index (χ3n) is 4.12. The van der Waals surface area contributed by atoms with E-state index in [2.05, 4.69) is 4.57 Å². The Bertz CT molecular complexity index is 969. The van der Waals surface area contributed by atoms with Gasteiger partial charge in [0, 0.05) is 23.8 Å². The highest BCUT2D eigenvalue weighted by molar-refractivity contribution is 5.87. The number of carboxylic acids is 1. The molecule has 0 aliphatic heterocycles. The number of aromatic carboxylic acids is 1. The van der Waals surface area contributed by atoms with Crippen LogP contribution in [0.4, 0.5) is 0 Å². The van der Waals surface area contributed by atoms with Crippen LogP contribution in [-0.4, -0.2) is 17.7 Å². The Kier molecular flexibility index (Phi) is 7.78. The maximum absolute atomic E-state index is 11.2. The molecule has 0 spiro atoms. The maximum atomic E-state index is 11.2. The fourth-order valence-electron chi connectivity index (χ4n) is 2.84. The minimum Gasteiger partial charge on any atom is -1.00 e. The van der Waals surface area contributed by atoms with Gasteiger partial charge in [-0.2, -0.15) is 4.57 Å². The second-order valence-electron chi connectivity index (χ2n) is 6.10. The number of aromatic nitrogens is 1. The van der Waals surface area contributed by atoms with Crippen molar-refractivity contribution in [2.24, 2.45) is 0 Å². The molecular formula is C23H22ClNO3. The van der Waals surface area contributed by atoms with Gasteiger partial charge in [-0.15, -0.1) is 0 Å². The Morgan fingerprint density at radius 1 is 1.04 bits per heavy atom. The summed E-state index contributed by atoms with van der Waals surface area (Å²) in [6, 6.07) is 21.0. The van der Waals surface area contributed by atoms with Crippen LogP contribution in [0.1, 0.15) is 34.1 Å². The van der Waals surface area contributed by atoms with E-state index >= 15 is 0 Å². The van der Waals surface area contributed by atoms with Crippen LogP contribution in [0.5, 0.6) is 5.75 Å². The molecule has 144 valence electrons. The largest absolute Gasteiger partial charge is 1.00 e. The lowest BCUT2D eigenvalue weighted by Crippen LogP contribution is -3.00. The number of ether oxygens (including phenoxy) is 1. The number of hydrogen-bond donors (Lipinski definition) is 1. The number of pyridine rings is 1. The summed E-state index contributed by atoms with van der Waals surface area (Å²) < 4.78 is 7.63. The predicted octanol–water partition coefficient (Wildman–Crippen LogP) is 1.29. The molecule has 1 heterocycles. The van der Waals surface area contributed by atoms with E-state index in [1.165, 1.54) is 0 Å². The first-order valence-corrected chi connectivity index (χ1v) is 8.87. The zero-order valence-corrected chi connectivity index (χ0v) is 16.3. The monoisotopic (exact) mass is 395 g/mol. The number of benzene rings is 2. The number of rotatable bonds is 7. The van der Waals surface area contributed by atoms with Crippen molar-refractivity contribution in [3.05, 3.63) is 95.3 Å². The van der Waals surface area contributed by atoms with Crippen LogP contribution in [0.3, 0.4) is 0 Å². The van der Waals surface area contributed by atoms with Crippen molar-refractivity contribution in [2.75, 3.05) is 6.61 Å². The van der Waals surface area contributed by atoms with Crippen molar-refractivity contribution < 1.29 is 31.6 Å². The Hall–Kier alpha value is -3.11. The minimum absolute atomic E-state index is 0. The van der Waals surface area contributed by atoms with E-state index in [-0.39, 0.29) is 12.4 Å². The molecule has 1 aromatic heterocycles. The van der Waals surface area contributed by atoms with Gasteiger partial charge in [-0.3, -0.25) is 0 Å². The van der Waals surface area contributed by atoms with E-state index < -0.39 is 5.97 Å². The number of nitrogens with zero attached hydrogens (tertiary/aromatic N) is 1. The summed E-state index contributed by atoms with van der Waals surface area (Å²) in [4.78, 5) is 11.2. The zero-order valence-electron chi connectivity index (χ0n) is 15.6. The van der Waals surface area contributed by atoms with Crippen molar-refractivity contribution in [1.82, 2.24) is 0 Å². The Morgan fingerprint density at radius 3 is 2.64 bits per heavy atom. The third kappa shape index (κ3) is 5.69. The summed E-state index contributed by atoms with van der Waals surface area (Å²) in [6.45, 7) is 3.20. The molecule has 1 N–H and O–H groups in total. The van der Waals surface area contributed by atoms with E-state index in [4.69, 9.17) is 4.74 Å². The Morgan fingerprint density at radius 2 is 1.86 bits per heavy atom. The Labute approximate surface area is 171 Å². The average Bonchev–Trinajstić information content (AvgIpc) is 2.68. The van der Waals surface area contributed by atoms with E-state index in [0.717, 1.165) is 22.6 Å². The minimum atomic E-state index is -0.913. The molecule has 0 bridgehead atoms. The first-order valence-electron chi connectivity index (χ1n) is 8.87. The quantitative estimate of drug-likeness (QED) is 0.613. The second-order valence-corrected chi connectivity index (χ2v) is 6.10. The molecule has 0 aliphatic carbocycles. The van der Waals surface area contributed by atoms with Crippen LogP contribution in [0.2, 0.25) is 0 Å². The van der Waals surface area contributed by atoms with Crippen molar-refractivity contribution >= 4 is 18.1 Å². The lowest BCUT2D eigenvalue weighted by molar-refractivity contribution is -0.690. The van der Waals surface area contributed by atoms with Crippen LogP contribution >= 0.6 is 0 Å².